The molecule has 0 bridgehead atoms. The van der Waals surface area contributed by atoms with Crippen molar-refractivity contribution >= 4 is 17.6 Å². The maximum absolute atomic E-state index is 4.57. The molecule has 4 rings (SSSR count). The molecule has 3 aromatic carbocycles. The average Bonchev–Trinajstić information content (AvgIpc) is 3.04. The van der Waals surface area contributed by atoms with Gasteiger partial charge in [-0.15, -0.1) is 5.10 Å². The number of fused-ring (bicyclic) bond motifs is 3. The zero-order valence-corrected chi connectivity index (χ0v) is 15.8. The predicted octanol–water partition coefficient (Wildman–Crippen LogP) is 5.38. The fraction of sp³-hybridized carbons (Fsp3) is 0.167. The van der Waals surface area contributed by atoms with Crippen LogP contribution in [-0.2, 0) is 0 Å². The van der Waals surface area contributed by atoms with Crippen LogP contribution in [0.2, 0.25) is 0 Å². The summed E-state index contributed by atoms with van der Waals surface area (Å²) in [7, 11) is 0. The quantitative estimate of drug-likeness (QED) is 0.349. The van der Waals surface area contributed by atoms with Gasteiger partial charge in [0.1, 0.15) is 5.71 Å². The van der Waals surface area contributed by atoms with Gasteiger partial charge in [-0.3, -0.25) is 0 Å². The molecule has 0 spiro atoms. The maximum atomic E-state index is 4.57. The molecule has 3 aromatic rings. The van der Waals surface area contributed by atoms with Crippen molar-refractivity contribution in [3.8, 4) is 11.1 Å². The van der Waals surface area contributed by atoms with Gasteiger partial charge in [0.25, 0.3) is 0 Å². The Bertz CT molecular complexity index is 949. The zero-order valence-electron chi connectivity index (χ0n) is 15.8. The molecule has 0 atom stereocenters. The standard InChI is InChI=1S/C24H23N3/c1-3-27(4-2)19-15-13-18(14-16-19)17-25-26-24-22-11-7-5-9-20(22)21-10-6-8-12-23(21)24/h5-17H,3-4H2,1-2H3. The Morgan fingerprint density at radius 3 is 1.74 bits per heavy atom. The van der Waals surface area contributed by atoms with Gasteiger partial charge in [0.2, 0.25) is 0 Å². The molecular weight excluding hydrogens is 330 g/mol. The highest BCUT2D eigenvalue weighted by atomic mass is 15.2. The topological polar surface area (TPSA) is 28.0 Å². The third-order valence-electron chi connectivity index (χ3n) is 5.04. The molecule has 0 amide bonds. The lowest BCUT2D eigenvalue weighted by molar-refractivity contribution is 0.866. The van der Waals surface area contributed by atoms with E-state index in [0.29, 0.717) is 0 Å². The molecule has 3 heteroatoms. The lowest BCUT2D eigenvalue weighted by atomic mass is 10.1. The second-order valence-electron chi connectivity index (χ2n) is 6.55. The highest BCUT2D eigenvalue weighted by molar-refractivity contribution is 6.24. The van der Waals surface area contributed by atoms with Gasteiger partial charge < -0.3 is 4.90 Å². The molecule has 3 nitrogen and oxygen atoms in total. The SMILES string of the molecule is CCN(CC)c1ccc(C=NN=C2c3ccccc3-c3ccccc32)cc1. The molecule has 0 N–H and O–H groups in total. The molecule has 1 aliphatic carbocycles. The van der Waals surface area contributed by atoms with Crippen LogP contribution < -0.4 is 4.90 Å². The first-order valence-electron chi connectivity index (χ1n) is 9.47. The third kappa shape index (κ3) is 3.28. The third-order valence-corrected chi connectivity index (χ3v) is 5.04. The lowest BCUT2D eigenvalue weighted by Crippen LogP contribution is -2.21. The minimum Gasteiger partial charge on any atom is -0.372 e. The summed E-state index contributed by atoms with van der Waals surface area (Å²) in [5, 5.41) is 8.95. The van der Waals surface area contributed by atoms with E-state index in [0.717, 1.165) is 35.5 Å². The van der Waals surface area contributed by atoms with E-state index < -0.39 is 0 Å². The molecule has 1 aliphatic rings. The molecule has 0 unspecified atom stereocenters. The van der Waals surface area contributed by atoms with Gasteiger partial charge in [-0.2, -0.15) is 5.10 Å². The van der Waals surface area contributed by atoms with Crippen LogP contribution in [0.3, 0.4) is 0 Å². The molecule has 0 aromatic heterocycles. The Morgan fingerprint density at radius 2 is 1.22 bits per heavy atom. The number of benzene rings is 3. The fourth-order valence-electron chi connectivity index (χ4n) is 3.62. The van der Waals surface area contributed by atoms with E-state index in [1.807, 2.05) is 6.21 Å². The Morgan fingerprint density at radius 1 is 0.704 bits per heavy atom. The maximum Gasteiger partial charge on any atom is 0.101 e. The van der Waals surface area contributed by atoms with Crippen LogP contribution in [-0.4, -0.2) is 25.0 Å². The van der Waals surface area contributed by atoms with Crippen molar-refractivity contribution in [1.29, 1.82) is 0 Å². The number of hydrogen-bond acceptors (Lipinski definition) is 3. The monoisotopic (exact) mass is 353 g/mol. The van der Waals surface area contributed by atoms with E-state index >= 15 is 0 Å². The largest absolute Gasteiger partial charge is 0.372 e. The molecule has 0 saturated carbocycles. The highest BCUT2D eigenvalue weighted by Gasteiger charge is 2.23. The first-order chi connectivity index (χ1) is 13.3. The summed E-state index contributed by atoms with van der Waals surface area (Å²) in [5.41, 5.74) is 7.98. The summed E-state index contributed by atoms with van der Waals surface area (Å²) in [6.07, 6.45) is 1.82. The van der Waals surface area contributed by atoms with Crippen LogP contribution in [0.25, 0.3) is 11.1 Å². The van der Waals surface area contributed by atoms with Crippen LogP contribution in [0.15, 0.2) is 83.0 Å². The summed E-state index contributed by atoms with van der Waals surface area (Å²) in [6, 6.07) is 25.2. The Balaban J connectivity index is 1.61. The van der Waals surface area contributed by atoms with Crippen LogP contribution in [0.1, 0.15) is 30.5 Å². The normalized spacial score (nSPS) is 12.1. The van der Waals surface area contributed by atoms with Crippen molar-refractivity contribution in [3.05, 3.63) is 89.5 Å². The predicted molar refractivity (Wildman–Crippen MR) is 115 cm³/mol. The summed E-state index contributed by atoms with van der Waals surface area (Å²) in [6.45, 7) is 6.37. The smallest absolute Gasteiger partial charge is 0.101 e. The number of anilines is 1. The van der Waals surface area contributed by atoms with Crippen molar-refractivity contribution in [2.75, 3.05) is 18.0 Å². The molecular formula is C24H23N3. The summed E-state index contributed by atoms with van der Waals surface area (Å²) in [4.78, 5) is 2.33. The van der Waals surface area contributed by atoms with Crippen molar-refractivity contribution in [2.45, 2.75) is 13.8 Å². The van der Waals surface area contributed by atoms with Crippen molar-refractivity contribution in [3.63, 3.8) is 0 Å². The summed E-state index contributed by atoms with van der Waals surface area (Å²) < 4.78 is 0. The van der Waals surface area contributed by atoms with Gasteiger partial charge in [-0.05, 0) is 42.7 Å². The fourth-order valence-corrected chi connectivity index (χ4v) is 3.62. The number of hydrogen-bond donors (Lipinski definition) is 0. The second-order valence-corrected chi connectivity index (χ2v) is 6.55. The Kier molecular flexibility index (Phi) is 4.84. The van der Waals surface area contributed by atoms with Crippen LogP contribution >= 0.6 is 0 Å². The van der Waals surface area contributed by atoms with Gasteiger partial charge in [0.15, 0.2) is 0 Å². The van der Waals surface area contributed by atoms with Crippen molar-refractivity contribution < 1.29 is 0 Å². The van der Waals surface area contributed by atoms with Gasteiger partial charge in [0.05, 0.1) is 6.21 Å². The molecule has 0 radical (unpaired) electrons. The Hall–Kier alpha value is -3.20. The van der Waals surface area contributed by atoms with Gasteiger partial charge >= 0.3 is 0 Å². The number of rotatable bonds is 5. The van der Waals surface area contributed by atoms with Crippen LogP contribution in [0.5, 0.6) is 0 Å². The molecule has 27 heavy (non-hydrogen) atoms. The van der Waals surface area contributed by atoms with E-state index in [2.05, 4.69) is 102 Å². The van der Waals surface area contributed by atoms with E-state index in [1.165, 1.54) is 16.8 Å². The van der Waals surface area contributed by atoms with Crippen LogP contribution in [0, 0.1) is 0 Å². The summed E-state index contributed by atoms with van der Waals surface area (Å²) >= 11 is 0. The minimum absolute atomic E-state index is 0.942. The zero-order chi connectivity index (χ0) is 18.6. The minimum atomic E-state index is 0.942. The molecule has 0 saturated heterocycles. The van der Waals surface area contributed by atoms with E-state index in [4.69, 9.17) is 0 Å². The summed E-state index contributed by atoms with van der Waals surface area (Å²) in [5.74, 6) is 0. The number of nitrogens with zero attached hydrogens (tertiary/aromatic N) is 3. The van der Waals surface area contributed by atoms with Crippen molar-refractivity contribution in [1.82, 2.24) is 0 Å². The molecule has 0 aliphatic heterocycles. The molecule has 134 valence electrons. The Labute approximate surface area is 160 Å². The van der Waals surface area contributed by atoms with Crippen LogP contribution in [0.4, 0.5) is 5.69 Å². The van der Waals surface area contributed by atoms with E-state index in [-0.39, 0.29) is 0 Å². The highest BCUT2D eigenvalue weighted by Crippen LogP contribution is 2.36. The van der Waals surface area contributed by atoms with Gasteiger partial charge in [-0.1, -0.05) is 60.7 Å². The van der Waals surface area contributed by atoms with E-state index in [1.54, 1.807) is 0 Å². The van der Waals surface area contributed by atoms with Gasteiger partial charge in [0, 0.05) is 29.9 Å². The second kappa shape index (κ2) is 7.58. The lowest BCUT2D eigenvalue weighted by Gasteiger charge is -2.20. The van der Waals surface area contributed by atoms with Crippen molar-refractivity contribution in [2.24, 2.45) is 10.2 Å². The average molecular weight is 353 g/mol. The molecule has 0 heterocycles. The van der Waals surface area contributed by atoms with E-state index in [9.17, 15) is 0 Å². The van der Waals surface area contributed by atoms with Gasteiger partial charge in [-0.25, -0.2) is 0 Å². The first-order valence-corrected chi connectivity index (χ1v) is 9.47. The first kappa shape index (κ1) is 17.2. The molecule has 0 fully saturated rings.